The quantitative estimate of drug-likeness (QED) is 0.140. The molecule has 4 aromatic carbocycles. The zero-order chi connectivity index (χ0) is 29.2. The second-order valence-corrected chi connectivity index (χ2v) is 10.4. The van der Waals surface area contributed by atoms with Crippen LogP contribution in [0.1, 0.15) is 21.5 Å². The molecular weight excluding hydrogens is 558 g/mol. The number of hydrogen-bond donors (Lipinski definition) is 3. The van der Waals surface area contributed by atoms with Crippen LogP contribution < -0.4 is 20.7 Å². The first kappa shape index (κ1) is 29.5. The molecule has 0 bridgehead atoms. The maximum Gasteiger partial charge on any atom is 0.272 e. The predicted molar refractivity (Wildman–Crippen MR) is 165 cm³/mol. The summed E-state index contributed by atoms with van der Waals surface area (Å²) >= 11 is 7.35. The van der Waals surface area contributed by atoms with Crippen LogP contribution in [0, 0.1) is 6.92 Å². The molecule has 0 spiro atoms. The van der Waals surface area contributed by atoms with Crippen molar-refractivity contribution in [1.82, 2.24) is 5.32 Å². The summed E-state index contributed by atoms with van der Waals surface area (Å²) in [5.74, 6) is -0.490. The van der Waals surface area contributed by atoms with Gasteiger partial charge in [0, 0.05) is 21.2 Å². The Labute approximate surface area is 248 Å². The van der Waals surface area contributed by atoms with E-state index in [1.807, 2.05) is 43.3 Å². The van der Waals surface area contributed by atoms with Gasteiger partial charge in [-0.25, -0.2) is 0 Å². The average molecular weight is 586 g/mol. The Morgan fingerprint density at radius 3 is 2.37 bits per heavy atom. The minimum atomic E-state index is -0.484. The Kier molecular flexibility index (Phi) is 10.2. The molecule has 0 aliphatic carbocycles. The van der Waals surface area contributed by atoms with Gasteiger partial charge in [0.25, 0.3) is 11.8 Å². The van der Waals surface area contributed by atoms with E-state index < -0.39 is 11.8 Å². The smallest absolute Gasteiger partial charge is 0.272 e. The maximum atomic E-state index is 13.3. The van der Waals surface area contributed by atoms with Crippen LogP contribution in [0.5, 0.6) is 5.75 Å². The number of anilines is 2. The Hall–Kier alpha value is -4.53. The number of benzene rings is 4. The number of methoxy groups -OCH3 is 1. The van der Waals surface area contributed by atoms with Gasteiger partial charge in [0.05, 0.1) is 18.6 Å². The van der Waals surface area contributed by atoms with Crippen LogP contribution in [-0.4, -0.2) is 30.6 Å². The van der Waals surface area contributed by atoms with Crippen LogP contribution in [0.25, 0.3) is 6.08 Å². The highest BCUT2D eigenvalue weighted by Crippen LogP contribution is 2.28. The number of rotatable bonds is 10. The third-order valence-electron chi connectivity index (χ3n) is 5.81. The second kappa shape index (κ2) is 14.2. The summed E-state index contributed by atoms with van der Waals surface area (Å²) in [7, 11) is 1.52. The normalized spacial score (nSPS) is 11.0. The molecule has 0 unspecified atom stereocenters. The van der Waals surface area contributed by atoms with Crippen molar-refractivity contribution < 1.29 is 19.1 Å². The fraction of sp³-hybridized carbons (Fsp3) is 0.0938. The van der Waals surface area contributed by atoms with E-state index in [2.05, 4.69) is 16.0 Å². The van der Waals surface area contributed by atoms with E-state index in [1.54, 1.807) is 66.7 Å². The molecule has 0 aromatic heterocycles. The summed E-state index contributed by atoms with van der Waals surface area (Å²) < 4.78 is 5.28. The minimum absolute atomic E-state index is 0.0932. The molecule has 0 aliphatic heterocycles. The summed E-state index contributed by atoms with van der Waals surface area (Å²) in [6.45, 7) is 1.97. The van der Waals surface area contributed by atoms with Gasteiger partial charge in [-0.15, -0.1) is 11.8 Å². The van der Waals surface area contributed by atoms with Gasteiger partial charge in [0.1, 0.15) is 11.4 Å². The van der Waals surface area contributed by atoms with Gasteiger partial charge in [-0.3, -0.25) is 14.4 Å². The van der Waals surface area contributed by atoms with E-state index in [-0.39, 0.29) is 17.4 Å². The molecule has 0 saturated heterocycles. The van der Waals surface area contributed by atoms with Crippen molar-refractivity contribution >= 4 is 58.5 Å². The van der Waals surface area contributed by atoms with E-state index in [4.69, 9.17) is 16.3 Å². The van der Waals surface area contributed by atoms with E-state index in [0.717, 1.165) is 16.0 Å². The molecule has 4 rings (SSSR count). The number of amides is 3. The number of ether oxygens (including phenoxy) is 1. The van der Waals surface area contributed by atoms with Gasteiger partial charge in [-0.05, 0) is 67.1 Å². The van der Waals surface area contributed by atoms with Gasteiger partial charge in [0.15, 0.2) is 0 Å². The first-order valence-corrected chi connectivity index (χ1v) is 14.0. The molecule has 0 atom stereocenters. The van der Waals surface area contributed by atoms with E-state index in [9.17, 15) is 14.4 Å². The Bertz CT molecular complexity index is 1570. The minimum Gasteiger partial charge on any atom is -0.495 e. The highest BCUT2D eigenvalue weighted by atomic mass is 35.5. The number of carbonyl (C=O) groups is 3. The fourth-order valence-electron chi connectivity index (χ4n) is 3.75. The third-order valence-corrected chi connectivity index (χ3v) is 7.04. The number of nitrogens with one attached hydrogen (secondary N) is 3. The van der Waals surface area contributed by atoms with Crippen molar-refractivity contribution in [2.75, 3.05) is 23.5 Å². The van der Waals surface area contributed by atoms with Crippen molar-refractivity contribution in [1.29, 1.82) is 0 Å². The lowest BCUT2D eigenvalue weighted by molar-refractivity contribution is -0.114. The summed E-state index contributed by atoms with van der Waals surface area (Å²) in [6, 6.07) is 28.4. The molecule has 0 aliphatic rings. The van der Waals surface area contributed by atoms with Gasteiger partial charge < -0.3 is 20.7 Å². The molecule has 41 heavy (non-hydrogen) atoms. The molecular formula is C32H28ClN3O4S. The monoisotopic (exact) mass is 585 g/mol. The maximum absolute atomic E-state index is 13.3. The molecule has 208 valence electrons. The number of hydrogen-bond acceptors (Lipinski definition) is 5. The highest BCUT2D eigenvalue weighted by molar-refractivity contribution is 8.00. The molecule has 3 amide bonds. The van der Waals surface area contributed by atoms with Crippen molar-refractivity contribution in [2.24, 2.45) is 0 Å². The van der Waals surface area contributed by atoms with Crippen LogP contribution >= 0.6 is 23.4 Å². The Balaban J connectivity index is 1.45. The number of thioether (sulfide) groups is 1. The lowest BCUT2D eigenvalue weighted by atomic mass is 10.1. The van der Waals surface area contributed by atoms with Gasteiger partial charge >= 0.3 is 0 Å². The predicted octanol–water partition coefficient (Wildman–Crippen LogP) is 6.80. The summed E-state index contributed by atoms with van der Waals surface area (Å²) in [5, 5.41) is 8.88. The lowest BCUT2D eigenvalue weighted by Crippen LogP contribution is -2.30. The number of aryl methyl sites for hydroxylation is 1. The first-order valence-electron chi connectivity index (χ1n) is 12.6. The number of carbonyl (C=O) groups excluding carboxylic acids is 3. The zero-order valence-corrected chi connectivity index (χ0v) is 24.0. The average Bonchev–Trinajstić information content (AvgIpc) is 2.97. The zero-order valence-electron chi connectivity index (χ0n) is 22.4. The van der Waals surface area contributed by atoms with Gasteiger partial charge in [-0.2, -0.15) is 0 Å². The highest BCUT2D eigenvalue weighted by Gasteiger charge is 2.16. The van der Waals surface area contributed by atoms with Crippen LogP contribution in [0.15, 0.2) is 108 Å². The fourth-order valence-corrected chi connectivity index (χ4v) is 4.67. The van der Waals surface area contributed by atoms with E-state index >= 15 is 0 Å². The third kappa shape index (κ3) is 8.73. The van der Waals surface area contributed by atoms with Crippen LogP contribution in [0.4, 0.5) is 11.4 Å². The SMILES string of the molecule is COc1ccc(Cl)cc1NC(=O)CSc1cccc(NC(=O)/C(=C\c2ccc(C)cc2)NC(=O)c2ccccc2)c1. The van der Waals surface area contributed by atoms with Crippen molar-refractivity contribution in [3.05, 3.63) is 124 Å². The Morgan fingerprint density at radius 1 is 0.878 bits per heavy atom. The van der Waals surface area contributed by atoms with Crippen LogP contribution in [0.3, 0.4) is 0 Å². The van der Waals surface area contributed by atoms with Crippen LogP contribution in [0.2, 0.25) is 5.02 Å². The van der Waals surface area contributed by atoms with Crippen molar-refractivity contribution in [3.63, 3.8) is 0 Å². The first-order chi connectivity index (χ1) is 19.8. The Morgan fingerprint density at radius 2 is 1.63 bits per heavy atom. The molecule has 9 heteroatoms. The summed E-state index contributed by atoms with van der Waals surface area (Å²) in [6.07, 6.45) is 1.63. The molecule has 4 aromatic rings. The van der Waals surface area contributed by atoms with Crippen molar-refractivity contribution in [2.45, 2.75) is 11.8 Å². The van der Waals surface area contributed by atoms with Gasteiger partial charge in [-0.1, -0.05) is 65.7 Å². The van der Waals surface area contributed by atoms with E-state index in [0.29, 0.717) is 27.7 Å². The largest absolute Gasteiger partial charge is 0.495 e. The van der Waals surface area contributed by atoms with Crippen molar-refractivity contribution in [3.8, 4) is 5.75 Å². The molecule has 0 radical (unpaired) electrons. The second-order valence-electron chi connectivity index (χ2n) is 8.95. The summed E-state index contributed by atoms with van der Waals surface area (Å²) in [5.41, 5.74) is 3.37. The number of halogens is 1. The standard InChI is InChI=1S/C32H28ClN3O4S/c1-21-11-13-22(14-12-21)17-28(36-31(38)23-7-4-3-5-8-23)32(39)34-25-9-6-10-26(19-25)41-20-30(37)35-27-18-24(33)15-16-29(27)40-2/h3-19H,20H2,1-2H3,(H,34,39)(H,35,37)(H,36,38)/b28-17+. The molecule has 3 N–H and O–H groups in total. The van der Waals surface area contributed by atoms with Gasteiger partial charge in [0.2, 0.25) is 5.91 Å². The topological polar surface area (TPSA) is 96.5 Å². The molecule has 7 nitrogen and oxygen atoms in total. The lowest BCUT2D eigenvalue weighted by Gasteiger charge is -2.13. The molecule has 0 fully saturated rings. The molecule has 0 heterocycles. The molecule has 0 saturated carbocycles. The summed E-state index contributed by atoms with van der Waals surface area (Å²) in [4.78, 5) is 39.5. The van der Waals surface area contributed by atoms with E-state index in [1.165, 1.54) is 18.9 Å². The van der Waals surface area contributed by atoms with Crippen LogP contribution in [-0.2, 0) is 9.59 Å².